The number of carbonyl (C=O) groups excluding carboxylic acids is 1. The number of aryl methyl sites for hydroxylation is 1. The summed E-state index contributed by atoms with van der Waals surface area (Å²) in [6.07, 6.45) is 1.70. The van der Waals surface area contributed by atoms with Crippen LogP contribution in [0.15, 0.2) is 101 Å². The molecular weight excluding hydrogens is 332 g/mol. The van der Waals surface area contributed by atoms with E-state index in [1.165, 1.54) is 5.56 Å². The van der Waals surface area contributed by atoms with Crippen molar-refractivity contribution in [2.75, 3.05) is 0 Å². The second-order valence-corrected chi connectivity index (χ2v) is 6.33. The Morgan fingerprint density at radius 1 is 0.704 bits per heavy atom. The second kappa shape index (κ2) is 9.39. The van der Waals surface area contributed by atoms with Crippen LogP contribution in [-0.2, 0) is 6.42 Å². The topological polar surface area (TPSA) is 41.8 Å². The van der Waals surface area contributed by atoms with Crippen LogP contribution in [0.25, 0.3) is 0 Å². The molecule has 0 N–H and O–H groups in total. The van der Waals surface area contributed by atoms with Gasteiger partial charge in [-0.05, 0) is 25.3 Å². The van der Waals surface area contributed by atoms with Gasteiger partial charge in [-0.2, -0.15) is 5.10 Å². The monoisotopic (exact) mass is 354 g/mol. The molecule has 3 nitrogen and oxygen atoms in total. The van der Waals surface area contributed by atoms with Gasteiger partial charge in [0.2, 0.25) is 5.78 Å². The van der Waals surface area contributed by atoms with E-state index in [0.29, 0.717) is 11.3 Å². The van der Waals surface area contributed by atoms with Crippen LogP contribution in [0.4, 0.5) is 0 Å². The normalized spacial score (nSPS) is 12.0. The molecule has 134 valence electrons. The van der Waals surface area contributed by atoms with Crippen molar-refractivity contribution in [1.29, 1.82) is 0 Å². The van der Waals surface area contributed by atoms with Gasteiger partial charge in [0.1, 0.15) is 5.71 Å². The molecule has 0 aliphatic carbocycles. The Bertz CT molecular complexity index is 930. The zero-order valence-corrected chi connectivity index (χ0v) is 15.4. The van der Waals surface area contributed by atoms with Gasteiger partial charge in [-0.25, -0.2) is 0 Å². The Hall–Kier alpha value is -3.33. The molecule has 0 unspecified atom stereocenters. The predicted octanol–water partition coefficient (Wildman–Crippen LogP) is 5.37. The van der Waals surface area contributed by atoms with Gasteiger partial charge in [0.15, 0.2) is 0 Å². The Labute approximate surface area is 160 Å². The maximum atomic E-state index is 12.9. The molecule has 0 saturated heterocycles. The van der Waals surface area contributed by atoms with E-state index in [-0.39, 0.29) is 5.78 Å². The quantitative estimate of drug-likeness (QED) is 0.320. The summed E-state index contributed by atoms with van der Waals surface area (Å²) < 4.78 is 0. The van der Waals surface area contributed by atoms with Crippen molar-refractivity contribution in [3.63, 3.8) is 0 Å². The first-order chi connectivity index (χ1) is 13.2. The van der Waals surface area contributed by atoms with Gasteiger partial charge >= 0.3 is 0 Å². The molecule has 3 rings (SSSR count). The number of hydrogen-bond donors (Lipinski definition) is 0. The van der Waals surface area contributed by atoms with Gasteiger partial charge in [-0.1, -0.05) is 91.0 Å². The molecule has 27 heavy (non-hydrogen) atoms. The highest BCUT2D eigenvalue weighted by Crippen LogP contribution is 2.10. The number of ketones is 1. The average Bonchev–Trinajstić information content (AvgIpc) is 2.74. The van der Waals surface area contributed by atoms with E-state index in [1.54, 1.807) is 12.1 Å². The minimum absolute atomic E-state index is 0.124. The summed E-state index contributed by atoms with van der Waals surface area (Å²) in [5.74, 6) is -0.124. The van der Waals surface area contributed by atoms with E-state index in [1.807, 2.05) is 73.7 Å². The molecule has 0 amide bonds. The van der Waals surface area contributed by atoms with Crippen LogP contribution in [0.3, 0.4) is 0 Å². The fourth-order valence-electron chi connectivity index (χ4n) is 2.71. The fourth-order valence-corrected chi connectivity index (χ4v) is 2.71. The molecule has 0 heterocycles. The molecule has 0 aromatic heterocycles. The summed E-state index contributed by atoms with van der Waals surface area (Å²) in [6, 6.07) is 29.0. The Morgan fingerprint density at radius 3 is 1.81 bits per heavy atom. The third-order valence-electron chi connectivity index (χ3n) is 4.24. The minimum Gasteiger partial charge on any atom is -0.287 e. The summed E-state index contributed by atoms with van der Waals surface area (Å²) in [7, 11) is 0. The summed E-state index contributed by atoms with van der Waals surface area (Å²) >= 11 is 0. The lowest BCUT2D eigenvalue weighted by Gasteiger charge is -2.05. The summed E-state index contributed by atoms with van der Waals surface area (Å²) in [5, 5.41) is 8.68. The molecule has 3 heteroatoms. The van der Waals surface area contributed by atoms with E-state index in [9.17, 15) is 4.79 Å². The number of nitrogens with zero attached hydrogens (tertiary/aromatic N) is 2. The van der Waals surface area contributed by atoms with Crippen LogP contribution in [0.2, 0.25) is 0 Å². The number of carbonyl (C=O) groups is 1. The maximum Gasteiger partial charge on any atom is 0.213 e. The van der Waals surface area contributed by atoms with Crippen LogP contribution in [0.1, 0.15) is 34.8 Å². The number of Topliss-reactive ketones (excluding diaryl/α,β-unsaturated/α-hetero) is 1. The van der Waals surface area contributed by atoms with Crippen molar-refractivity contribution >= 4 is 17.2 Å². The summed E-state index contributed by atoms with van der Waals surface area (Å²) in [5.41, 5.74) is 3.90. The van der Waals surface area contributed by atoms with Crippen molar-refractivity contribution < 1.29 is 4.79 Å². The molecule has 0 bridgehead atoms. The SMILES string of the molecule is CC(CCc1ccccc1)=NN=C(C(=O)c1ccccc1)c1ccccc1. The summed E-state index contributed by atoms with van der Waals surface area (Å²) in [4.78, 5) is 12.9. The Kier molecular flexibility index (Phi) is 6.42. The Morgan fingerprint density at radius 2 is 1.22 bits per heavy atom. The fraction of sp³-hybridized carbons (Fsp3) is 0.125. The van der Waals surface area contributed by atoms with Crippen molar-refractivity contribution in [2.24, 2.45) is 10.2 Å². The lowest BCUT2D eigenvalue weighted by Crippen LogP contribution is -2.15. The van der Waals surface area contributed by atoms with Gasteiger partial charge in [0.25, 0.3) is 0 Å². The highest BCUT2D eigenvalue weighted by atomic mass is 16.1. The first-order valence-electron chi connectivity index (χ1n) is 9.04. The summed E-state index contributed by atoms with van der Waals surface area (Å²) in [6.45, 7) is 1.95. The van der Waals surface area contributed by atoms with Gasteiger partial charge in [-0.15, -0.1) is 5.10 Å². The minimum atomic E-state index is -0.124. The van der Waals surface area contributed by atoms with E-state index >= 15 is 0 Å². The molecule has 0 atom stereocenters. The maximum absolute atomic E-state index is 12.9. The largest absolute Gasteiger partial charge is 0.287 e. The van der Waals surface area contributed by atoms with E-state index in [4.69, 9.17) is 0 Å². The third-order valence-corrected chi connectivity index (χ3v) is 4.24. The molecule has 0 spiro atoms. The molecule has 0 saturated carbocycles. The molecule has 0 aliphatic rings. The zero-order valence-electron chi connectivity index (χ0n) is 15.4. The van der Waals surface area contributed by atoms with Crippen LogP contribution < -0.4 is 0 Å². The first-order valence-corrected chi connectivity index (χ1v) is 9.04. The lowest BCUT2D eigenvalue weighted by atomic mass is 10.0. The van der Waals surface area contributed by atoms with Crippen molar-refractivity contribution in [3.05, 3.63) is 108 Å². The molecule has 0 radical (unpaired) electrons. The van der Waals surface area contributed by atoms with Gasteiger partial charge < -0.3 is 0 Å². The molecule has 0 aliphatic heterocycles. The predicted molar refractivity (Wildman–Crippen MR) is 112 cm³/mol. The van der Waals surface area contributed by atoms with Crippen LogP contribution in [-0.4, -0.2) is 17.2 Å². The molecular formula is C24H22N2O. The molecule has 0 fully saturated rings. The second-order valence-electron chi connectivity index (χ2n) is 6.33. The highest BCUT2D eigenvalue weighted by molar-refractivity contribution is 6.51. The van der Waals surface area contributed by atoms with E-state index < -0.39 is 0 Å². The zero-order chi connectivity index (χ0) is 18.9. The van der Waals surface area contributed by atoms with Crippen molar-refractivity contribution in [2.45, 2.75) is 19.8 Å². The highest BCUT2D eigenvalue weighted by Gasteiger charge is 2.16. The van der Waals surface area contributed by atoms with E-state index in [0.717, 1.165) is 24.1 Å². The number of hydrogen-bond acceptors (Lipinski definition) is 3. The number of rotatable bonds is 7. The smallest absolute Gasteiger partial charge is 0.213 e. The first kappa shape index (κ1) is 18.5. The van der Waals surface area contributed by atoms with Crippen LogP contribution in [0, 0.1) is 0 Å². The average molecular weight is 354 g/mol. The lowest BCUT2D eigenvalue weighted by molar-refractivity contribution is 0.106. The standard InChI is InChI=1S/C24H22N2O/c1-19(17-18-20-11-5-2-6-12-20)25-26-23(21-13-7-3-8-14-21)24(27)22-15-9-4-10-16-22/h2-16H,17-18H2,1H3. The van der Waals surface area contributed by atoms with Gasteiger partial charge in [-0.3, -0.25) is 4.79 Å². The van der Waals surface area contributed by atoms with Gasteiger partial charge in [0.05, 0.1) is 0 Å². The van der Waals surface area contributed by atoms with Crippen LogP contribution >= 0.6 is 0 Å². The van der Waals surface area contributed by atoms with Crippen molar-refractivity contribution in [1.82, 2.24) is 0 Å². The van der Waals surface area contributed by atoms with Gasteiger partial charge in [0, 0.05) is 16.8 Å². The third kappa shape index (κ3) is 5.32. The number of benzene rings is 3. The molecule has 3 aromatic rings. The van der Waals surface area contributed by atoms with Crippen LogP contribution in [0.5, 0.6) is 0 Å². The molecule has 3 aromatic carbocycles. The Balaban J connectivity index is 1.82. The van der Waals surface area contributed by atoms with Crippen molar-refractivity contribution in [3.8, 4) is 0 Å². The van der Waals surface area contributed by atoms with E-state index in [2.05, 4.69) is 22.3 Å².